The number of rotatable bonds is 7. The number of carbonyl (C=O) groups is 3. The van der Waals surface area contributed by atoms with Gasteiger partial charge in [-0.25, -0.2) is 8.42 Å². The zero-order valence-electron chi connectivity index (χ0n) is 16.3. The highest BCUT2D eigenvalue weighted by Crippen LogP contribution is 2.19. The number of amides is 2. The lowest BCUT2D eigenvalue weighted by atomic mass is 10.3. The molecule has 1 saturated heterocycles. The molecular weight excluding hydrogens is 450 g/mol. The van der Waals surface area contributed by atoms with Crippen LogP contribution in [0.2, 0.25) is 5.02 Å². The number of sulfonamides is 1. The number of halogens is 1. The maximum absolute atomic E-state index is 12.7. The Bertz CT molecular complexity index is 1030. The predicted molar refractivity (Wildman–Crippen MR) is 109 cm³/mol. The van der Waals surface area contributed by atoms with E-state index >= 15 is 0 Å². The fourth-order valence-electron chi connectivity index (χ4n) is 2.87. The van der Waals surface area contributed by atoms with Crippen LogP contribution >= 0.6 is 11.6 Å². The summed E-state index contributed by atoms with van der Waals surface area (Å²) in [7, 11) is -3.68. The number of carbonyl (C=O) groups excluding carboxylic acids is 3. The van der Waals surface area contributed by atoms with Gasteiger partial charge in [-0.2, -0.15) is 4.31 Å². The standard InChI is InChI=1S/C19H20ClN3O7S/c20-14-3-5-15(6-4-14)31(27,28)23-9-7-22(8-10-23)17(24)13-30-18(25)12-21-19(26)16-2-1-11-29-16/h1-6,11H,7-10,12-13H2,(H,21,26). The first-order chi connectivity index (χ1) is 14.8. The molecule has 0 atom stereocenters. The van der Waals surface area contributed by atoms with Gasteiger partial charge in [-0.1, -0.05) is 11.6 Å². The molecule has 0 unspecified atom stereocenters. The van der Waals surface area contributed by atoms with Gasteiger partial charge in [-0.15, -0.1) is 0 Å². The van der Waals surface area contributed by atoms with Gasteiger partial charge in [0.1, 0.15) is 6.54 Å². The molecule has 1 aromatic carbocycles. The van der Waals surface area contributed by atoms with E-state index in [-0.39, 0.29) is 36.8 Å². The van der Waals surface area contributed by atoms with E-state index in [1.807, 2.05) is 0 Å². The third-order valence-corrected chi connectivity index (χ3v) is 6.70. The van der Waals surface area contributed by atoms with Gasteiger partial charge in [0.05, 0.1) is 11.2 Å². The Hall–Kier alpha value is -2.89. The summed E-state index contributed by atoms with van der Waals surface area (Å²) in [5.41, 5.74) is 0. The lowest BCUT2D eigenvalue weighted by Gasteiger charge is -2.33. The van der Waals surface area contributed by atoms with E-state index in [0.29, 0.717) is 5.02 Å². The van der Waals surface area contributed by atoms with Crippen molar-refractivity contribution >= 4 is 39.4 Å². The summed E-state index contributed by atoms with van der Waals surface area (Å²) in [5, 5.41) is 2.75. The highest BCUT2D eigenvalue weighted by Gasteiger charge is 2.30. The highest BCUT2D eigenvalue weighted by molar-refractivity contribution is 7.89. The van der Waals surface area contributed by atoms with E-state index in [2.05, 4.69) is 5.32 Å². The van der Waals surface area contributed by atoms with E-state index in [4.69, 9.17) is 20.8 Å². The molecule has 1 N–H and O–H groups in total. The van der Waals surface area contributed by atoms with E-state index in [0.717, 1.165) is 0 Å². The predicted octanol–water partition coefficient (Wildman–Crippen LogP) is 0.739. The van der Waals surface area contributed by atoms with E-state index < -0.39 is 41.0 Å². The van der Waals surface area contributed by atoms with Crippen molar-refractivity contribution in [2.45, 2.75) is 4.90 Å². The Kier molecular flexibility index (Phi) is 7.31. The van der Waals surface area contributed by atoms with Gasteiger partial charge in [0.15, 0.2) is 12.4 Å². The SMILES string of the molecule is O=C(CNC(=O)c1ccco1)OCC(=O)N1CCN(S(=O)(=O)c2ccc(Cl)cc2)CC1. The molecule has 166 valence electrons. The van der Waals surface area contributed by atoms with Gasteiger partial charge in [0, 0.05) is 31.2 Å². The van der Waals surface area contributed by atoms with Gasteiger partial charge in [0.25, 0.3) is 11.8 Å². The molecule has 31 heavy (non-hydrogen) atoms. The van der Waals surface area contributed by atoms with Crippen LogP contribution in [0.1, 0.15) is 10.6 Å². The molecule has 1 fully saturated rings. The van der Waals surface area contributed by atoms with Crippen molar-refractivity contribution in [1.29, 1.82) is 0 Å². The molecule has 2 heterocycles. The Morgan fingerprint density at radius 2 is 1.74 bits per heavy atom. The van der Waals surface area contributed by atoms with Crippen molar-refractivity contribution in [2.24, 2.45) is 0 Å². The van der Waals surface area contributed by atoms with Crippen LogP contribution in [0.5, 0.6) is 0 Å². The molecule has 2 aromatic rings. The van der Waals surface area contributed by atoms with Gasteiger partial charge < -0.3 is 19.4 Å². The van der Waals surface area contributed by atoms with Gasteiger partial charge in [0.2, 0.25) is 10.0 Å². The maximum Gasteiger partial charge on any atom is 0.325 e. The average Bonchev–Trinajstić information content (AvgIpc) is 3.31. The first-order valence-electron chi connectivity index (χ1n) is 9.28. The molecule has 1 aliphatic heterocycles. The molecule has 2 amide bonds. The number of esters is 1. The van der Waals surface area contributed by atoms with E-state index in [9.17, 15) is 22.8 Å². The molecule has 0 aliphatic carbocycles. The fourth-order valence-corrected chi connectivity index (χ4v) is 4.41. The van der Waals surface area contributed by atoms with Gasteiger partial charge in [-0.3, -0.25) is 14.4 Å². The Morgan fingerprint density at radius 3 is 2.35 bits per heavy atom. The topological polar surface area (TPSA) is 126 Å². The number of ether oxygens (including phenoxy) is 1. The first-order valence-corrected chi connectivity index (χ1v) is 11.1. The average molecular weight is 470 g/mol. The molecule has 12 heteroatoms. The molecule has 1 aliphatic rings. The minimum Gasteiger partial charge on any atom is -0.459 e. The van der Waals surface area contributed by atoms with Crippen LogP contribution in [0.3, 0.4) is 0 Å². The minimum absolute atomic E-state index is 0.0512. The summed E-state index contributed by atoms with van der Waals surface area (Å²) in [4.78, 5) is 37.2. The van der Waals surface area contributed by atoms with Crippen molar-refractivity contribution in [3.05, 3.63) is 53.4 Å². The highest BCUT2D eigenvalue weighted by atomic mass is 35.5. The molecule has 3 rings (SSSR count). The first kappa shape index (κ1) is 22.8. The zero-order valence-corrected chi connectivity index (χ0v) is 17.9. The quantitative estimate of drug-likeness (QED) is 0.592. The van der Waals surface area contributed by atoms with E-state index in [1.165, 1.54) is 51.9 Å². The second-order valence-corrected chi connectivity index (χ2v) is 8.93. The number of nitrogens with zero attached hydrogens (tertiary/aromatic N) is 2. The van der Waals surface area contributed by atoms with Crippen LogP contribution in [0.15, 0.2) is 52.0 Å². The van der Waals surface area contributed by atoms with Crippen molar-refractivity contribution in [2.75, 3.05) is 39.3 Å². The van der Waals surface area contributed by atoms with Gasteiger partial charge >= 0.3 is 5.97 Å². The van der Waals surface area contributed by atoms with Crippen LogP contribution in [0.25, 0.3) is 0 Å². The van der Waals surface area contributed by atoms with Crippen molar-refractivity contribution < 1.29 is 32.0 Å². The molecule has 10 nitrogen and oxygen atoms in total. The second-order valence-electron chi connectivity index (χ2n) is 6.56. The third kappa shape index (κ3) is 5.84. The van der Waals surface area contributed by atoms with Crippen molar-refractivity contribution in [1.82, 2.24) is 14.5 Å². The third-order valence-electron chi connectivity index (χ3n) is 4.54. The Labute approximate surface area is 183 Å². The molecule has 0 spiro atoms. The fraction of sp³-hybridized carbons (Fsp3) is 0.316. The second kappa shape index (κ2) is 9.94. The van der Waals surface area contributed by atoms with Crippen molar-refractivity contribution in [3.8, 4) is 0 Å². The monoisotopic (exact) mass is 469 g/mol. The molecule has 0 bridgehead atoms. The zero-order chi connectivity index (χ0) is 22.4. The maximum atomic E-state index is 12.7. The van der Waals surface area contributed by atoms with Crippen LogP contribution in [-0.2, 0) is 24.3 Å². The van der Waals surface area contributed by atoms with Crippen LogP contribution in [-0.4, -0.2) is 74.7 Å². The number of hydrogen-bond donors (Lipinski definition) is 1. The van der Waals surface area contributed by atoms with Crippen LogP contribution in [0, 0.1) is 0 Å². The number of hydrogen-bond acceptors (Lipinski definition) is 7. The molecule has 0 saturated carbocycles. The van der Waals surface area contributed by atoms with Crippen LogP contribution < -0.4 is 5.32 Å². The Morgan fingerprint density at radius 1 is 1.06 bits per heavy atom. The minimum atomic E-state index is -3.68. The van der Waals surface area contributed by atoms with Crippen LogP contribution in [0.4, 0.5) is 0 Å². The number of furan rings is 1. The lowest BCUT2D eigenvalue weighted by molar-refractivity contribution is -0.151. The normalized spacial score (nSPS) is 14.8. The summed E-state index contributed by atoms with van der Waals surface area (Å²) < 4.78 is 36.4. The molecular formula is C19H20ClN3O7S. The van der Waals surface area contributed by atoms with Crippen molar-refractivity contribution in [3.63, 3.8) is 0 Å². The summed E-state index contributed by atoms with van der Waals surface area (Å²) in [6, 6.07) is 8.83. The lowest BCUT2D eigenvalue weighted by Crippen LogP contribution is -2.51. The molecule has 1 aromatic heterocycles. The smallest absolute Gasteiger partial charge is 0.325 e. The van der Waals surface area contributed by atoms with Gasteiger partial charge in [-0.05, 0) is 36.4 Å². The number of piperazine rings is 1. The molecule has 0 radical (unpaired) electrons. The summed E-state index contributed by atoms with van der Waals surface area (Å²) >= 11 is 5.80. The Balaban J connectivity index is 1.42. The number of benzene rings is 1. The largest absolute Gasteiger partial charge is 0.459 e. The number of nitrogens with one attached hydrogen (secondary N) is 1. The van der Waals surface area contributed by atoms with E-state index in [1.54, 1.807) is 0 Å². The summed E-state index contributed by atoms with van der Waals surface area (Å²) in [5.74, 6) is -1.76. The summed E-state index contributed by atoms with van der Waals surface area (Å²) in [6.45, 7) is -0.357. The summed E-state index contributed by atoms with van der Waals surface area (Å²) in [6.07, 6.45) is 1.33.